The van der Waals surface area contributed by atoms with Crippen molar-refractivity contribution in [3.8, 4) is 5.75 Å². The number of halogens is 1. The minimum atomic E-state index is -2.98. The van der Waals surface area contributed by atoms with E-state index < -0.39 is 26.8 Å². The van der Waals surface area contributed by atoms with E-state index in [2.05, 4.69) is 27.6 Å². The van der Waals surface area contributed by atoms with Gasteiger partial charge in [0.1, 0.15) is 12.4 Å². The van der Waals surface area contributed by atoms with Gasteiger partial charge in [0, 0.05) is 34.3 Å². The van der Waals surface area contributed by atoms with Crippen molar-refractivity contribution in [3.05, 3.63) is 70.3 Å². The summed E-state index contributed by atoms with van der Waals surface area (Å²) in [5, 5.41) is 9.75. The molecule has 7 atom stereocenters. The number of aryl methyl sites for hydroxylation is 1. The summed E-state index contributed by atoms with van der Waals surface area (Å²) >= 11 is 6.42. The second kappa shape index (κ2) is 12.6. The second-order valence-corrected chi connectivity index (χ2v) is 16.3. The molecule has 1 saturated carbocycles. The highest BCUT2D eigenvalue weighted by molar-refractivity contribution is 7.99. The first-order valence-corrected chi connectivity index (χ1v) is 18.1. The van der Waals surface area contributed by atoms with Crippen LogP contribution in [-0.2, 0) is 31.1 Å². The predicted molar refractivity (Wildman–Crippen MR) is 179 cm³/mol. The van der Waals surface area contributed by atoms with Crippen LogP contribution in [-0.4, -0.2) is 64.7 Å². The van der Waals surface area contributed by atoms with Gasteiger partial charge in [0.05, 0.1) is 28.1 Å². The maximum absolute atomic E-state index is 13.7. The fourth-order valence-electron chi connectivity index (χ4n) is 7.58. The highest BCUT2D eigenvalue weighted by Crippen LogP contribution is 2.47. The SMILES string of the molecule is C=S1(=O)NC(=O)c2ccc3c(c2)N(C[C@@H]2CC[C@H]2[C@@H](OCC(=O)O)/C=C/C[C@H](C)[C@H]1C)C[C@@]1(CCCc2cc(Cl)ccc21)CO3. The zero-order valence-corrected chi connectivity index (χ0v) is 27.6. The van der Waals surface area contributed by atoms with Crippen LogP contribution >= 0.6 is 11.6 Å². The molecule has 6 rings (SSSR count). The lowest BCUT2D eigenvalue weighted by Crippen LogP contribution is -2.49. The summed E-state index contributed by atoms with van der Waals surface area (Å²) in [6.45, 7) is 5.37. The number of anilines is 1. The molecule has 2 aromatic carbocycles. The Hall–Kier alpha value is -3.01. The minimum Gasteiger partial charge on any atom is -0.490 e. The van der Waals surface area contributed by atoms with Gasteiger partial charge in [0.15, 0.2) is 0 Å². The Kier molecular flexibility index (Phi) is 8.98. The predicted octanol–water partition coefficient (Wildman–Crippen LogP) is 5.65. The molecule has 2 aliphatic carbocycles. The van der Waals surface area contributed by atoms with E-state index in [1.165, 1.54) is 11.1 Å². The third-order valence-corrected chi connectivity index (χ3v) is 13.0. The minimum absolute atomic E-state index is 0.0443. The number of allylic oxidation sites excluding steroid dienone is 1. The molecule has 10 heteroatoms. The van der Waals surface area contributed by atoms with Gasteiger partial charge in [0.2, 0.25) is 0 Å². The van der Waals surface area contributed by atoms with Crippen molar-refractivity contribution in [2.75, 3.05) is 31.2 Å². The molecule has 2 aromatic rings. The Balaban J connectivity index is 1.42. The van der Waals surface area contributed by atoms with Crippen LogP contribution in [0.2, 0.25) is 5.02 Å². The van der Waals surface area contributed by atoms with E-state index in [4.69, 9.17) is 21.1 Å². The van der Waals surface area contributed by atoms with Gasteiger partial charge < -0.3 is 19.5 Å². The largest absolute Gasteiger partial charge is 0.490 e. The van der Waals surface area contributed by atoms with Crippen LogP contribution in [0.5, 0.6) is 5.75 Å². The van der Waals surface area contributed by atoms with E-state index in [1.807, 2.05) is 44.2 Å². The van der Waals surface area contributed by atoms with Crippen molar-refractivity contribution < 1.29 is 28.4 Å². The molecule has 1 unspecified atom stereocenters. The lowest BCUT2D eigenvalue weighted by atomic mass is 9.68. The van der Waals surface area contributed by atoms with Crippen LogP contribution in [0.4, 0.5) is 5.69 Å². The molecule has 0 radical (unpaired) electrons. The molecule has 2 heterocycles. The van der Waals surface area contributed by atoms with Crippen molar-refractivity contribution in [1.29, 1.82) is 0 Å². The lowest BCUT2D eigenvalue weighted by molar-refractivity contribution is -0.145. The number of carboxylic acid groups (broad SMARTS) is 1. The molecule has 0 aromatic heterocycles. The van der Waals surface area contributed by atoms with E-state index in [0.717, 1.165) is 42.8 Å². The summed E-state index contributed by atoms with van der Waals surface area (Å²) in [6, 6.07) is 11.6. The third kappa shape index (κ3) is 6.49. The highest BCUT2D eigenvalue weighted by atomic mass is 35.5. The number of nitrogens with one attached hydrogen (secondary N) is 1. The first-order valence-electron chi connectivity index (χ1n) is 15.9. The van der Waals surface area contributed by atoms with Crippen LogP contribution in [0.25, 0.3) is 0 Å². The van der Waals surface area contributed by atoms with Gasteiger partial charge in [0.25, 0.3) is 5.91 Å². The average molecular weight is 655 g/mol. The maximum Gasteiger partial charge on any atom is 0.329 e. The molecule has 2 aliphatic heterocycles. The normalized spacial score (nSPS) is 33.9. The first kappa shape index (κ1) is 32.0. The highest BCUT2D eigenvalue weighted by Gasteiger charge is 2.44. The fourth-order valence-corrected chi connectivity index (χ4v) is 9.26. The van der Waals surface area contributed by atoms with E-state index in [-0.39, 0.29) is 35.9 Å². The van der Waals surface area contributed by atoms with Crippen LogP contribution in [0.15, 0.2) is 48.6 Å². The number of hydrogen-bond acceptors (Lipinski definition) is 6. The monoisotopic (exact) mass is 654 g/mol. The van der Waals surface area contributed by atoms with Gasteiger partial charge in [-0.3, -0.25) is 9.52 Å². The Bertz CT molecular complexity index is 1610. The number of benzene rings is 2. The Morgan fingerprint density at radius 1 is 1.24 bits per heavy atom. The number of carbonyl (C=O) groups is 2. The number of aliphatic carboxylic acids is 1. The third-order valence-electron chi connectivity index (χ3n) is 10.6. The maximum atomic E-state index is 13.7. The van der Waals surface area contributed by atoms with E-state index in [1.54, 1.807) is 6.07 Å². The molecule has 242 valence electrons. The molecule has 4 aliphatic rings. The smallest absolute Gasteiger partial charge is 0.329 e. The molecular weight excluding hydrogens is 612 g/mol. The number of nitrogens with zero attached hydrogens (tertiary/aromatic N) is 1. The van der Waals surface area contributed by atoms with Gasteiger partial charge in [-0.15, -0.1) is 0 Å². The summed E-state index contributed by atoms with van der Waals surface area (Å²) in [6.07, 6.45) is 9.12. The van der Waals surface area contributed by atoms with Crippen LogP contribution < -0.4 is 14.4 Å². The summed E-state index contributed by atoms with van der Waals surface area (Å²) in [4.78, 5) is 27.4. The van der Waals surface area contributed by atoms with Gasteiger partial charge in [-0.1, -0.05) is 36.7 Å². The molecule has 1 fully saturated rings. The summed E-state index contributed by atoms with van der Waals surface area (Å²) < 4.78 is 29.0. The number of fused-ring (bicyclic) bond motifs is 4. The Labute approximate surface area is 271 Å². The zero-order valence-electron chi connectivity index (χ0n) is 26.0. The van der Waals surface area contributed by atoms with Gasteiger partial charge >= 0.3 is 5.97 Å². The molecule has 2 bridgehead atoms. The Morgan fingerprint density at radius 3 is 2.82 bits per heavy atom. The topological polar surface area (TPSA) is 105 Å². The molecule has 1 amide bonds. The molecular formula is C35H43ClN2O6S. The van der Waals surface area contributed by atoms with Gasteiger partial charge in [-0.05, 0) is 111 Å². The van der Waals surface area contributed by atoms with E-state index in [0.29, 0.717) is 37.4 Å². The van der Waals surface area contributed by atoms with Crippen molar-refractivity contribution in [3.63, 3.8) is 0 Å². The zero-order chi connectivity index (χ0) is 31.9. The van der Waals surface area contributed by atoms with Gasteiger partial charge in [-0.2, -0.15) is 0 Å². The molecule has 1 spiro atoms. The van der Waals surface area contributed by atoms with Crippen LogP contribution in [0.1, 0.15) is 67.4 Å². The molecule has 8 nitrogen and oxygen atoms in total. The summed E-state index contributed by atoms with van der Waals surface area (Å²) in [5.41, 5.74) is 3.47. The standard InChI is InChI=1S/C35H43ClN2O6S/c1-22-6-4-8-31(43-19-33(39)40)28-12-9-26(28)18-38-20-35(15-5-7-24-16-27(36)11-13-29(24)35)21-44-32-14-10-25(17-30(32)38)34(41)37-45(3,42)23(22)2/h4,8,10-11,13-14,16-17,22-23,26,28,31H,3,5-7,9,12,15,18-21H2,1-2H3,(H,39,40)(H,37,41,42)/b8-4+/t22-,23+,26-,28+,31-,35-,45?/m0/s1. The number of hydrogen-bond donors (Lipinski definition) is 2. The second-order valence-electron chi connectivity index (χ2n) is 13.5. The summed E-state index contributed by atoms with van der Waals surface area (Å²) in [5.74, 6) is 3.59. The van der Waals surface area contributed by atoms with Crippen molar-refractivity contribution >= 4 is 44.7 Å². The molecule has 2 N–H and O–H groups in total. The number of carboxylic acids is 1. The van der Waals surface area contributed by atoms with Crippen molar-refractivity contribution in [2.24, 2.45) is 17.8 Å². The van der Waals surface area contributed by atoms with Crippen molar-refractivity contribution in [2.45, 2.75) is 69.1 Å². The number of amides is 1. The van der Waals surface area contributed by atoms with Crippen molar-refractivity contribution in [1.82, 2.24) is 4.72 Å². The van der Waals surface area contributed by atoms with Crippen LogP contribution in [0, 0.1) is 17.8 Å². The first-order chi connectivity index (χ1) is 21.5. The van der Waals surface area contributed by atoms with E-state index >= 15 is 0 Å². The lowest BCUT2D eigenvalue weighted by Gasteiger charge is -2.46. The number of ether oxygens (including phenoxy) is 2. The summed E-state index contributed by atoms with van der Waals surface area (Å²) in [7, 11) is -2.98. The fraction of sp³-hybridized carbons (Fsp3) is 0.514. The van der Waals surface area contributed by atoms with Crippen LogP contribution in [0.3, 0.4) is 0 Å². The molecule has 0 saturated heterocycles. The average Bonchev–Trinajstić information content (AvgIpc) is 3.13. The number of carbonyl (C=O) groups excluding carboxylic acids is 1. The van der Waals surface area contributed by atoms with E-state index in [9.17, 15) is 18.9 Å². The molecule has 45 heavy (non-hydrogen) atoms. The number of rotatable bonds is 3. The van der Waals surface area contributed by atoms with Gasteiger partial charge in [-0.25, -0.2) is 9.00 Å². The quantitative estimate of drug-likeness (QED) is 0.325. The Morgan fingerprint density at radius 2 is 2.07 bits per heavy atom.